The van der Waals surface area contributed by atoms with Crippen LogP contribution < -0.4 is 20.3 Å². The second-order valence-electron chi connectivity index (χ2n) is 15.3. The van der Waals surface area contributed by atoms with E-state index in [0.717, 1.165) is 76.6 Å². The zero-order valence-corrected chi connectivity index (χ0v) is 27.3. The van der Waals surface area contributed by atoms with E-state index in [0.29, 0.717) is 30.9 Å². The summed E-state index contributed by atoms with van der Waals surface area (Å²) in [6.07, 6.45) is 7.70. The SMILES string of the molecule is Oc1cc(-c2c(F)cc3c(N4CC5CCC(C4)N5)nc(OCC4(CN5CCC6(CCNC6)CC5)CC4)nc3c2F)c2c(F)c(F)ccc2c1. The number of phenols is 1. The number of aromatic nitrogens is 2. The Labute approximate surface area is 281 Å². The van der Waals surface area contributed by atoms with Crippen molar-refractivity contribution in [3.05, 3.63) is 53.6 Å². The van der Waals surface area contributed by atoms with Gasteiger partial charge in [0.2, 0.25) is 0 Å². The van der Waals surface area contributed by atoms with Crippen LogP contribution >= 0.6 is 0 Å². The molecule has 4 aliphatic heterocycles. The average molecular weight is 677 g/mol. The van der Waals surface area contributed by atoms with Crippen LogP contribution in [0.3, 0.4) is 0 Å². The van der Waals surface area contributed by atoms with Crippen LogP contribution in [0.1, 0.15) is 44.9 Å². The third-order valence-corrected chi connectivity index (χ3v) is 11.9. The molecular weight excluding hydrogens is 636 g/mol. The lowest BCUT2D eigenvalue weighted by atomic mass is 9.77. The van der Waals surface area contributed by atoms with Crippen molar-refractivity contribution in [3.63, 3.8) is 0 Å². The molecule has 5 aliphatic rings. The summed E-state index contributed by atoms with van der Waals surface area (Å²) in [5.74, 6) is -4.42. The number of phenolic OH excluding ortho intramolecular Hbond substituents is 1. The van der Waals surface area contributed by atoms with Gasteiger partial charge in [-0.2, -0.15) is 9.97 Å². The van der Waals surface area contributed by atoms with Crippen LogP contribution in [-0.2, 0) is 0 Å². The first-order valence-electron chi connectivity index (χ1n) is 17.6. The van der Waals surface area contributed by atoms with Crippen LogP contribution in [0.25, 0.3) is 32.8 Å². The molecule has 1 aromatic heterocycles. The minimum absolute atomic E-state index is 0.00346. The minimum Gasteiger partial charge on any atom is -0.508 e. The first-order valence-corrected chi connectivity index (χ1v) is 17.6. The second-order valence-corrected chi connectivity index (χ2v) is 15.3. The standard InChI is InChI=1S/C37H40F4N6O2/c38-27-4-1-21-13-24(48)14-25(29(21)31(27)40)30-28(39)15-26-33(32(30)41)44-35(45-34(26)47-16-22-2-3-23(17-47)43-22)49-20-37(5-6-37)19-46-11-8-36(9-12-46)7-10-42-18-36/h1,4,13-15,22-23,42-43,48H,2-3,5-12,16-20H2. The molecule has 8 nitrogen and oxygen atoms in total. The fraction of sp³-hybridized carbons (Fsp3) is 0.514. The molecule has 4 saturated heterocycles. The first kappa shape index (κ1) is 31.3. The lowest BCUT2D eigenvalue weighted by molar-refractivity contribution is 0.0854. The molecule has 5 fully saturated rings. The van der Waals surface area contributed by atoms with E-state index in [2.05, 4.69) is 20.5 Å². The Kier molecular flexibility index (Phi) is 7.44. The van der Waals surface area contributed by atoms with Gasteiger partial charge in [-0.1, -0.05) is 6.07 Å². The fourth-order valence-corrected chi connectivity index (χ4v) is 8.88. The number of ether oxygens (including phenoxy) is 1. The Hall–Kier alpha value is -3.74. The minimum atomic E-state index is -1.26. The first-order chi connectivity index (χ1) is 23.7. The molecule has 3 aromatic carbocycles. The average Bonchev–Trinajstić information content (AvgIpc) is 3.56. The zero-order chi connectivity index (χ0) is 33.5. The van der Waals surface area contributed by atoms with Crippen molar-refractivity contribution in [2.75, 3.05) is 57.3 Å². The molecule has 3 N–H and O–H groups in total. The van der Waals surface area contributed by atoms with Gasteiger partial charge in [0.25, 0.3) is 0 Å². The molecule has 49 heavy (non-hydrogen) atoms. The third kappa shape index (κ3) is 5.56. The van der Waals surface area contributed by atoms with Gasteiger partial charge in [0.15, 0.2) is 17.5 Å². The van der Waals surface area contributed by atoms with Gasteiger partial charge in [-0.25, -0.2) is 17.6 Å². The molecule has 0 radical (unpaired) electrons. The number of hydrogen-bond donors (Lipinski definition) is 3. The van der Waals surface area contributed by atoms with Crippen LogP contribution in [0.4, 0.5) is 23.4 Å². The molecule has 2 unspecified atom stereocenters. The lowest BCUT2D eigenvalue weighted by Crippen LogP contribution is -2.51. The zero-order valence-electron chi connectivity index (χ0n) is 27.3. The van der Waals surface area contributed by atoms with E-state index in [9.17, 15) is 9.50 Å². The predicted octanol–water partition coefficient (Wildman–Crippen LogP) is 5.89. The summed E-state index contributed by atoms with van der Waals surface area (Å²) in [6.45, 7) is 6.89. The van der Waals surface area contributed by atoms with Crippen LogP contribution in [-0.4, -0.2) is 84.5 Å². The van der Waals surface area contributed by atoms with Gasteiger partial charge in [-0.3, -0.25) is 0 Å². The second kappa shape index (κ2) is 11.7. The highest BCUT2D eigenvalue weighted by atomic mass is 19.2. The number of halogens is 4. The monoisotopic (exact) mass is 676 g/mol. The van der Waals surface area contributed by atoms with Crippen molar-refractivity contribution in [3.8, 4) is 22.9 Å². The molecule has 0 amide bonds. The van der Waals surface area contributed by atoms with Crippen LogP contribution in [0, 0.1) is 34.1 Å². The van der Waals surface area contributed by atoms with E-state index in [1.165, 1.54) is 31.4 Å². The van der Waals surface area contributed by atoms with Gasteiger partial charge in [0.1, 0.15) is 22.9 Å². The number of piperidine rings is 1. The Morgan fingerprint density at radius 2 is 1.67 bits per heavy atom. The van der Waals surface area contributed by atoms with Gasteiger partial charge in [0, 0.05) is 60.0 Å². The molecule has 9 rings (SSSR count). The number of aromatic hydroxyl groups is 1. The topological polar surface area (TPSA) is 85.8 Å². The molecule has 2 bridgehead atoms. The summed E-state index contributed by atoms with van der Waals surface area (Å²) in [7, 11) is 0. The van der Waals surface area contributed by atoms with Gasteiger partial charge in [-0.05, 0) is 99.6 Å². The van der Waals surface area contributed by atoms with Crippen molar-refractivity contribution >= 4 is 27.5 Å². The summed E-state index contributed by atoms with van der Waals surface area (Å²) in [5, 5.41) is 17.5. The number of piperazine rings is 1. The maximum absolute atomic E-state index is 16.8. The van der Waals surface area contributed by atoms with Gasteiger partial charge in [0.05, 0.1) is 12.2 Å². The fourth-order valence-electron chi connectivity index (χ4n) is 8.88. The quantitative estimate of drug-likeness (QED) is 0.209. The van der Waals surface area contributed by atoms with Crippen LogP contribution in [0.5, 0.6) is 11.8 Å². The molecular formula is C37H40F4N6O2. The Morgan fingerprint density at radius 3 is 2.39 bits per heavy atom. The number of nitrogens with zero attached hydrogens (tertiary/aromatic N) is 4. The summed E-state index contributed by atoms with van der Waals surface area (Å²) >= 11 is 0. The summed E-state index contributed by atoms with van der Waals surface area (Å²) in [6, 6.07) is 6.09. The molecule has 1 spiro atoms. The maximum atomic E-state index is 16.8. The molecule has 2 atom stereocenters. The smallest absolute Gasteiger partial charge is 0.319 e. The van der Waals surface area contributed by atoms with Crippen molar-refractivity contribution < 1.29 is 27.4 Å². The highest BCUT2D eigenvalue weighted by Gasteiger charge is 2.47. The van der Waals surface area contributed by atoms with E-state index in [-0.39, 0.29) is 56.5 Å². The van der Waals surface area contributed by atoms with Gasteiger partial charge >= 0.3 is 6.01 Å². The normalized spacial score (nSPS) is 24.4. The van der Waals surface area contributed by atoms with Crippen LogP contribution in [0.2, 0.25) is 0 Å². The molecule has 1 saturated carbocycles. The molecule has 12 heteroatoms. The van der Waals surface area contributed by atoms with E-state index < -0.39 is 28.8 Å². The third-order valence-electron chi connectivity index (χ3n) is 11.9. The van der Waals surface area contributed by atoms with Crippen LogP contribution in [0.15, 0.2) is 30.3 Å². The lowest BCUT2D eigenvalue weighted by Gasteiger charge is -2.40. The number of hydrogen-bond acceptors (Lipinski definition) is 8. The summed E-state index contributed by atoms with van der Waals surface area (Å²) in [4.78, 5) is 13.9. The number of benzene rings is 3. The van der Waals surface area contributed by atoms with E-state index in [1.54, 1.807) is 0 Å². The van der Waals surface area contributed by atoms with E-state index >= 15 is 13.2 Å². The maximum Gasteiger partial charge on any atom is 0.319 e. The van der Waals surface area contributed by atoms with Crippen molar-refractivity contribution in [1.82, 2.24) is 25.5 Å². The molecule has 258 valence electrons. The Morgan fingerprint density at radius 1 is 0.898 bits per heavy atom. The molecule has 4 aromatic rings. The van der Waals surface area contributed by atoms with Crippen molar-refractivity contribution in [2.24, 2.45) is 10.8 Å². The number of nitrogens with one attached hydrogen (secondary N) is 2. The number of fused-ring (bicyclic) bond motifs is 4. The number of rotatable bonds is 7. The van der Waals surface area contributed by atoms with Gasteiger partial charge < -0.3 is 30.3 Å². The Balaban J connectivity index is 1.08. The Bertz CT molecular complexity index is 1940. The summed E-state index contributed by atoms with van der Waals surface area (Å²) in [5.41, 5.74) is -0.671. The van der Waals surface area contributed by atoms with E-state index in [1.807, 2.05) is 4.90 Å². The highest BCUT2D eigenvalue weighted by Crippen LogP contribution is 2.48. The molecule has 5 heterocycles. The van der Waals surface area contributed by atoms with Crippen molar-refractivity contribution in [2.45, 2.75) is 57.0 Å². The number of anilines is 1. The predicted molar refractivity (Wildman–Crippen MR) is 179 cm³/mol. The summed E-state index contributed by atoms with van der Waals surface area (Å²) < 4.78 is 68.9. The highest BCUT2D eigenvalue weighted by molar-refractivity contribution is 6.02. The largest absolute Gasteiger partial charge is 0.508 e. The van der Waals surface area contributed by atoms with Crippen molar-refractivity contribution in [1.29, 1.82) is 0 Å². The van der Waals surface area contributed by atoms with E-state index in [4.69, 9.17) is 9.72 Å². The number of likely N-dealkylation sites (tertiary alicyclic amines) is 1. The molecule has 1 aliphatic carbocycles. The van der Waals surface area contributed by atoms with Gasteiger partial charge in [-0.15, -0.1) is 0 Å².